The number of hydrogen-bond donors (Lipinski definition) is 0. The summed E-state index contributed by atoms with van der Waals surface area (Å²) in [5, 5.41) is 1.15. The molecule has 0 atom stereocenters. The van der Waals surface area contributed by atoms with Gasteiger partial charge < -0.3 is 9.64 Å². The Morgan fingerprint density at radius 2 is 1.86 bits per heavy atom. The minimum Gasteiger partial charge on any atom is -0.487 e. The van der Waals surface area contributed by atoms with Crippen molar-refractivity contribution < 1.29 is 4.74 Å². The van der Waals surface area contributed by atoms with Crippen molar-refractivity contribution in [2.45, 2.75) is 13.5 Å². The maximum atomic E-state index is 5.89. The molecule has 0 aliphatic carbocycles. The smallest absolute Gasteiger partial charge is 0.130 e. The summed E-state index contributed by atoms with van der Waals surface area (Å²) in [7, 11) is 2.07. The molecule has 1 heterocycles. The van der Waals surface area contributed by atoms with E-state index in [4.69, 9.17) is 4.74 Å². The highest BCUT2D eigenvalue weighted by molar-refractivity contribution is 5.78. The molecule has 1 aromatic heterocycles. The van der Waals surface area contributed by atoms with E-state index in [1.807, 2.05) is 36.4 Å². The Kier molecular flexibility index (Phi) is 4.24. The summed E-state index contributed by atoms with van der Waals surface area (Å²) in [6.07, 6.45) is 0. The Morgan fingerprint density at radius 3 is 2.73 bits per heavy atom. The van der Waals surface area contributed by atoms with Crippen LogP contribution in [0.5, 0.6) is 5.75 Å². The minimum absolute atomic E-state index is 0.476. The third kappa shape index (κ3) is 3.19. The van der Waals surface area contributed by atoms with Gasteiger partial charge in [0.2, 0.25) is 0 Å². The molecule has 3 nitrogen and oxygen atoms in total. The molecule has 3 aromatic rings. The van der Waals surface area contributed by atoms with Crippen LogP contribution in [-0.4, -0.2) is 18.6 Å². The van der Waals surface area contributed by atoms with E-state index in [-0.39, 0.29) is 0 Å². The molecule has 3 rings (SSSR count). The first-order valence-corrected chi connectivity index (χ1v) is 7.55. The normalized spacial score (nSPS) is 10.6. The molecule has 2 aromatic carbocycles. The quantitative estimate of drug-likeness (QED) is 0.702. The molecule has 0 amide bonds. The summed E-state index contributed by atoms with van der Waals surface area (Å²) in [5.41, 5.74) is 3.10. The van der Waals surface area contributed by atoms with Crippen molar-refractivity contribution in [1.29, 1.82) is 0 Å². The first kappa shape index (κ1) is 14.4. The second-order valence-corrected chi connectivity index (χ2v) is 5.30. The van der Waals surface area contributed by atoms with Gasteiger partial charge in [-0.1, -0.05) is 30.3 Å². The zero-order valence-electron chi connectivity index (χ0n) is 13.0. The number of anilines is 1. The molecule has 0 saturated heterocycles. The van der Waals surface area contributed by atoms with Crippen LogP contribution in [0.3, 0.4) is 0 Å². The minimum atomic E-state index is 0.476. The number of nitrogens with zero attached hydrogens (tertiary/aromatic N) is 2. The molecule has 22 heavy (non-hydrogen) atoms. The number of para-hydroxylation sites is 1. The zero-order valence-corrected chi connectivity index (χ0v) is 13.0. The molecule has 0 spiro atoms. The highest BCUT2D eigenvalue weighted by atomic mass is 16.5. The number of ether oxygens (including phenoxy) is 1. The van der Waals surface area contributed by atoms with Gasteiger partial charge in [-0.05, 0) is 31.2 Å². The lowest BCUT2D eigenvalue weighted by Gasteiger charge is -2.17. The lowest BCUT2D eigenvalue weighted by Crippen LogP contribution is -2.15. The van der Waals surface area contributed by atoms with Gasteiger partial charge in [0, 0.05) is 30.7 Å². The van der Waals surface area contributed by atoms with Crippen LogP contribution < -0.4 is 9.64 Å². The van der Waals surface area contributed by atoms with Gasteiger partial charge in [-0.15, -0.1) is 0 Å². The predicted molar refractivity (Wildman–Crippen MR) is 91.5 cm³/mol. The van der Waals surface area contributed by atoms with Gasteiger partial charge in [-0.2, -0.15) is 0 Å². The predicted octanol–water partition coefficient (Wildman–Crippen LogP) is 4.27. The van der Waals surface area contributed by atoms with Gasteiger partial charge in [0.15, 0.2) is 0 Å². The molecule has 0 radical (unpaired) electrons. The summed E-state index contributed by atoms with van der Waals surface area (Å²) < 4.78 is 5.89. The fraction of sp³-hybridized carbons (Fsp3) is 0.211. The molecular formula is C19H20N2O. The average Bonchev–Trinajstić information content (AvgIpc) is 2.59. The Hall–Kier alpha value is -2.55. The number of pyridine rings is 1. The second-order valence-electron chi connectivity index (χ2n) is 5.30. The number of fused-ring (bicyclic) bond motifs is 1. The van der Waals surface area contributed by atoms with E-state index in [0.29, 0.717) is 6.61 Å². The van der Waals surface area contributed by atoms with Crippen molar-refractivity contribution in [3.05, 3.63) is 66.4 Å². The van der Waals surface area contributed by atoms with E-state index in [1.54, 1.807) is 0 Å². The summed E-state index contributed by atoms with van der Waals surface area (Å²) in [4.78, 5) is 6.81. The van der Waals surface area contributed by atoms with Crippen LogP contribution in [0, 0.1) is 0 Å². The monoisotopic (exact) mass is 292 g/mol. The van der Waals surface area contributed by atoms with E-state index >= 15 is 0 Å². The number of rotatable bonds is 5. The van der Waals surface area contributed by atoms with Crippen molar-refractivity contribution >= 4 is 16.6 Å². The largest absolute Gasteiger partial charge is 0.487 e. The van der Waals surface area contributed by atoms with Crippen LogP contribution in [0.1, 0.15) is 12.6 Å². The lowest BCUT2D eigenvalue weighted by molar-refractivity contribution is 0.302. The average molecular weight is 292 g/mol. The molecule has 3 heteroatoms. The molecule has 0 aliphatic heterocycles. The number of benzene rings is 2. The van der Waals surface area contributed by atoms with Gasteiger partial charge in [-0.25, -0.2) is 4.98 Å². The number of aromatic nitrogens is 1. The first-order valence-electron chi connectivity index (χ1n) is 7.55. The van der Waals surface area contributed by atoms with Crippen molar-refractivity contribution in [2.24, 2.45) is 0 Å². The summed E-state index contributed by atoms with van der Waals surface area (Å²) in [5.74, 6) is 0.868. The third-order valence-electron chi connectivity index (χ3n) is 3.78. The summed E-state index contributed by atoms with van der Waals surface area (Å²) >= 11 is 0. The van der Waals surface area contributed by atoms with E-state index in [1.165, 1.54) is 0 Å². The van der Waals surface area contributed by atoms with Crippen LogP contribution in [0.2, 0.25) is 0 Å². The Morgan fingerprint density at radius 1 is 1.00 bits per heavy atom. The van der Waals surface area contributed by atoms with Crippen LogP contribution in [-0.2, 0) is 6.61 Å². The third-order valence-corrected chi connectivity index (χ3v) is 3.78. The maximum absolute atomic E-state index is 5.89. The van der Waals surface area contributed by atoms with E-state index < -0.39 is 0 Å². The van der Waals surface area contributed by atoms with Crippen molar-refractivity contribution in [1.82, 2.24) is 4.98 Å². The molecule has 0 aliphatic rings. The van der Waals surface area contributed by atoms with Crippen LogP contribution in [0.4, 0.5) is 5.69 Å². The molecule has 0 fully saturated rings. The molecule has 0 unspecified atom stereocenters. The molecular weight excluding hydrogens is 272 g/mol. The van der Waals surface area contributed by atoms with Gasteiger partial charge in [0.05, 0.1) is 11.2 Å². The van der Waals surface area contributed by atoms with Crippen molar-refractivity contribution in [2.75, 3.05) is 18.5 Å². The Bertz CT molecular complexity index is 770. The standard InChI is InChI=1S/C19H20N2O/c1-3-21(2)17-8-6-9-18(13-17)22-14-16-12-11-15-7-4-5-10-19(15)20-16/h4-13H,3,14H2,1-2H3. The molecule has 112 valence electrons. The van der Waals surface area contributed by atoms with E-state index in [0.717, 1.165) is 34.6 Å². The van der Waals surface area contributed by atoms with Crippen LogP contribution >= 0.6 is 0 Å². The van der Waals surface area contributed by atoms with E-state index in [2.05, 4.69) is 48.1 Å². The van der Waals surface area contributed by atoms with Crippen LogP contribution in [0.25, 0.3) is 10.9 Å². The van der Waals surface area contributed by atoms with Crippen molar-refractivity contribution in [3.8, 4) is 5.75 Å². The lowest BCUT2D eigenvalue weighted by atomic mass is 10.2. The van der Waals surface area contributed by atoms with Crippen molar-refractivity contribution in [3.63, 3.8) is 0 Å². The highest BCUT2D eigenvalue weighted by Gasteiger charge is 2.02. The fourth-order valence-corrected chi connectivity index (χ4v) is 2.34. The summed E-state index contributed by atoms with van der Waals surface area (Å²) in [6, 6.07) is 20.4. The molecule has 0 bridgehead atoms. The highest BCUT2D eigenvalue weighted by Crippen LogP contribution is 2.21. The Labute approximate surface area is 131 Å². The topological polar surface area (TPSA) is 25.4 Å². The number of hydrogen-bond acceptors (Lipinski definition) is 3. The van der Waals surface area contributed by atoms with Gasteiger partial charge in [-0.3, -0.25) is 0 Å². The maximum Gasteiger partial charge on any atom is 0.130 e. The van der Waals surface area contributed by atoms with Gasteiger partial charge in [0.1, 0.15) is 12.4 Å². The first-order chi connectivity index (χ1) is 10.8. The Balaban J connectivity index is 1.73. The van der Waals surface area contributed by atoms with Crippen LogP contribution in [0.15, 0.2) is 60.7 Å². The molecule has 0 N–H and O–H groups in total. The SMILES string of the molecule is CCN(C)c1cccc(OCc2ccc3ccccc3n2)c1. The van der Waals surface area contributed by atoms with Gasteiger partial charge >= 0.3 is 0 Å². The second kappa shape index (κ2) is 6.48. The fourth-order valence-electron chi connectivity index (χ4n) is 2.34. The van der Waals surface area contributed by atoms with E-state index in [9.17, 15) is 0 Å². The summed E-state index contributed by atoms with van der Waals surface area (Å²) in [6.45, 7) is 3.58. The zero-order chi connectivity index (χ0) is 15.4. The van der Waals surface area contributed by atoms with Gasteiger partial charge in [0.25, 0.3) is 0 Å². The molecule has 0 saturated carbocycles.